The fourth-order valence-electron chi connectivity index (χ4n) is 2.68. The number of allylic oxidation sites excluding steroid dienone is 1. The van der Waals surface area contributed by atoms with E-state index in [-0.39, 0.29) is 11.9 Å². The van der Waals surface area contributed by atoms with Crippen LogP contribution in [0, 0.1) is 0 Å². The minimum absolute atomic E-state index is 0.236. The molecule has 0 bridgehead atoms. The maximum absolute atomic E-state index is 12.1. The summed E-state index contributed by atoms with van der Waals surface area (Å²) in [6.07, 6.45) is 3.65. The van der Waals surface area contributed by atoms with Gasteiger partial charge in [-0.05, 0) is 30.0 Å². The fraction of sp³-hybridized carbons (Fsp3) is 0.400. The molecular weight excluding hydrogens is 242 g/mol. The van der Waals surface area contributed by atoms with Gasteiger partial charge in [-0.3, -0.25) is 4.79 Å². The van der Waals surface area contributed by atoms with Crippen molar-refractivity contribution in [2.45, 2.75) is 31.4 Å². The van der Waals surface area contributed by atoms with Gasteiger partial charge in [0.1, 0.15) is 0 Å². The molecule has 0 fully saturated rings. The number of hydrogen-bond acceptors (Lipinski definition) is 3. The molecule has 2 N–H and O–H groups in total. The summed E-state index contributed by atoms with van der Waals surface area (Å²) >= 11 is 0. The van der Waals surface area contributed by atoms with E-state index in [1.165, 1.54) is 0 Å². The van der Waals surface area contributed by atoms with Gasteiger partial charge in [0.05, 0.1) is 18.8 Å². The molecule has 2 aliphatic rings. The average molecular weight is 259 g/mol. The second kappa shape index (κ2) is 5.05. The highest BCUT2D eigenvalue weighted by molar-refractivity contribution is 5.92. The fourth-order valence-corrected chi connectivity index (χ4v) is 2.68. The van der Waals surface area contributed by atoms with Gasteiger partial charge in [-0.15, -0.1) is 0 Å². The third kappa shape index (κ3) is 2.36. The first-order chi connectivity index (χ1) is 9.25. The van der Waals surface area contributed by atoms with Gasteiger partial charge in [0.25, 0.3) is 5.91 Å². The summed E-state index contributed by atoms with van der Waals surface area (Å²) in [5, 5.41) is 13.0. The molecule has 1 aromatic carbocycles. The van der Waals surface area contributed by atoms with E-state index in [0.717, 1.165) is 24.0 Å². The molecule has 1 aliphatic carbocycles. The van der Waals surface area contributed by atoms with Crippen molar-refractivity contribution >= 4 is 5.91 Å². The number of aliphatic hydroxyl groups is 1. The van der Waals surface area contributed by atoms with Crippen LogP contribution in [0.15, 0.2) is 36.1 Å². The Kier molecular flexibility index (Phi) is 3.25. The molecule has 3 rings (SSSR count). The maximum atomic E-state index is 12.1. The second-order valence-corrected chi connectivity index (χ2v) is 4.98. The second-order valence-electron chi connectivity index (χ2n) is 4.98. The third-order valence-electron chi connectivity index (χ3n) is 3.65. The van der Waals surface area contributed by atoms with E-state index in [1.807, 2.05) is 30.3 Å². The highest BCUT2D eigenvalue weighted by atomic mass is 16.5. The van der Waals surface area contributed by atoms with E-state index in [1.54, 1.807) is 0 Å². The van der Waals surface area contributed by atoms with Crippen molar-refractivity contribution in [1.82, 2.24) is 5.32 Å². The Morgan fingerprint density at radius 2 is 2.21 bits per heavy atom. The Labute approximate surface area is 112 Å². The summed E-state index contributed by atoms with van der Waals surface area (Å²) in [4.78, 5) is 12.1. The van der Waals surface area contributed by atoms with E-state index in [4.69, 9.17) is 4.74 Å². The maximum Gasteiger partial charge on any atom is 0.286 e. The lowest BCUT2D eigenvalue weighted by molar-refractivity contribution is -0.122. The zero-order valence-corrected chi connectivity index (χ0v) is 10.6. The van der Waals surface area contributed by atoms with Crippen molar-refractivity contribution in [3.63, 3.8) is 0 Å². The largest absolute Gasteiger partial charge is 0.488 e. The molecule has 0 saturated heterocycles. The smallest absolute Gasteiger partial charge is 0.286 e. The number of carbonyl (C=O) groups is 1. The normalized spacial score (nSPS) is 25.2. The first kappa shape index (κ1) is 12.2. The summed E-state index contributed by atoms with van der Waals surface area (Å²) in [6.45, 7) is 0.586. The number of ether oxygens (including phenoxy) is 1. The van der Waals surface area contributed by atoms with Crippen LogP contribution in [0.2, 0.25) is 0 Å². The predicted molar refractivity (Wildman–Crippen MR) is 70.3 cm³/mol. The first-order valence-corrected chi connectivity index (χ1v) is 6.65. The highest BCUT2D eigenvalue weighted by Crippen LogP contribution is 2.31. The molecule has 1 aliphatic heterocycles. The van der Waals surface area contributed by atoms with E-state index in [9.17, 15) is 9.90 Å². The molecule has 0 saturated carbocycles. The molecule has 1 amide bonds. The lowest BCUT2D eigenvalue weighted by atomic mass is 10.1. The quantitative estimate of drug-likeness (QED) is 0.845. The number of amides is 1. The molecule has 0 spiro atoms. The lowest BCUT2D eigenvalue weighted by Crippen LogP contribution is -2.35. The third-order valence-corrected chi connectivity index (χ3v) is 3.65. The van der Waals surface area contributed by atoms with Crippen LogP contribution in [0.4, 0.5) is 0 Å². The Morgan fingerprint density at radius 3 is 3.00 bits per heavy atom. The Morgan fingerprint density at radius 1 is 1.37 bits per heavy atom. The monoisotopic (exact) mass is 259 g/mol. The van der Waals surface area contributed by atoms with Gasteiger partial charge in [-0.2, -0.15) is 0 Å². The molecule has 0 aromatic heterocycles. The first-order valence-electron chi connectivity index (χ1n) is 6.65. The van der Waals surface area contributed by atoms with Gasteiger partial charge >= 0.3 is 0 Å². The molecule has 4 heteroatoms. The van der Waals surface area contributed by atoms with Gasteiger partial charge in [0.2, 0.25) is 0 Å². The Bertz CT molecular complexity index is 524. The number of aliphatic hydroxyl groups excluding tert-OH is 1. The van der Waals surface area contributed by atoms with Gasteiger partial charge in [-0.1, -0.05) is 24.3 Å². The molecule has 0 radical (unpaired) electrons. The van der Waals surface area contributed by atoms with Crippen molar-refractivity contribution in [2.75, 3.05) is 6.61 Å². The van der Waals surface area contributed by atoms with Crippen molar-refractivity contribution in [3.05, 3.63) is 47.2 Å². The van der Waals surface area contributed by atoms with E-state index in [2.05, 4.69) is 5.32 Å². The SMILES string of the molecule is O=C(NC1c2ccccc2CC1O)C1=CCCCO1. The zero-order valence-electron chi connectivity index (χ0n) is 10.6. The molecule has 2 atom stereocenters. The van der Waals surface area contributed by atoms with Crippen LogP contribution in [0.5, 0.6) is 0 Å². The zero-order chi connectivity index (χ0) is 13.2. The van der Waals surface area contributed by atoms with Gasteiger partial charge < -0.3 is 15.2 Å². The highest BCUT2D eigenvalue weighted by Gasteiger charge is 2.32. The predicted octanol–water partition coefficient (Wildman–Crippen LogP) is 1.46. The van der Waals surface area contributed by atoms with Crippen LogP contribution < -0.4 is 5.32 Å². The van der Waals surface area contributed by atoms with Crippen molar-refractivity contribution < 1.29 is 14.6 Å². The van der Waals surface area contributed by atoms with Crippen LogP contribution in [-0.4, -0.2) is 23.7 Å². The van der Waals surface area contributed by atoms with Crippen molar-refractivity contribution in [3.8, 4) is 0 Å². The van der Waals surface area contributed by atoms with Crippen LogP contribution in [-0.2, 0) is 16.0 Å². The average Bonchev–Trinajstić information content (AvgIpc) is 2.76. The topological polar surface area (TPSA) is 58.6 Å². The molecule has 100 valence electrons. The standard InChI is InChI=1S/C15H17NO3/c17-12-9-10-5-1-2-6-11(10)14(12)16-15(18)13-7-3-4-8-19-13/h1-2,5-7,12,14,17H,3-4,8-9H2,(H,16,18). The lowest BCUT2D eigenvalue weighted by Gasteiger charge is -2.20. The summed E-state index contributed by atoms with van der Waals surface area (Å²) < 4.78 is 5.34. The summed E-state index contributed by atoms with van der Waals surface area (Å²) in [6, 6.07) is 7.47. The van der Waals surface area contributed by atoms with Crippen LogP contribution in [0.1, 0.15) is 30.0 Å². The van der Waals surface area contributed by atoms with Crippen LogP contribution in [0.25, 0.3) is 0 Å². The Balaban J connectivity index is 1.76. The van der Waals surface area contributed by atoms with Gasteiger partial charge in [0.15, 0.2) is 5.76 Å². The number of rotatable bonds is 2. The molecule has 2 unspecified atom stereocenters. The Hall–Kier alpha value is -1.81. The molecule has 1 aromatic rings. The molecule has 1 heterocycles. The number of carbonyl (C=O) groups excluding carboxylic acids is 1. The summed E-state index contributed by atoms with van der Waals surface area (Å²) in [7, 11) is 0. The number of hydrogen-bond donors (Lipinski definition) is 2. The van der Waals surface area contributed by atoms with Gasteiger partial charge in [0, 0.05) is 6.42 Å². The van der Waals surface area contributed by atoms with Crippen LogP contribution >= 0.6 is 0 Å². The summed E-state index contributed by atoms with van der Waals surface area (Å²) in [5.74, 6) is 0.142. The number of benzene rings is 1. The van der Waals surface area contributed by atoms with Crippen molar-refractivity contribution in [1.29, 1.82) is 0 Å². The van der Waals surface area contributed by atoms with E-state index in [0.29, 0.717) is 18.8 Å². The summed E-state index contributed by atoms with van der Waals surface area (Å²) in [5.41, 5.74) is 2.10. The molecule has 19 heavy (non-hydrogen) atoms. The molecular formula is C15H17NO3. The minimum atomic E-state index is -0.564. The van der Waals surface area contributed by atoms with E-state index < -0.39 is 6.10 Å². The number of nitrogens with one attached hydrogen (secondary N) is 1. The van der Waals surface area contributed by atoms with Gasteiger partial charge in [-0.25, -0.2) is 0 Å². The van der Waals surface area contributed by atoms with Crippen LogP contribution in [0.3, 0.4) is 0 Å². The minimum Gasteiger partial charge on any atom is -0.488 e. The van der Waals surface area contributed by atoms with Crippen molar-refractivity contribution in [2.24, 2.45) is 0 Å². The number of fused-ring (bicyclic) bond motifs is 1. The molecule has 4 nitrogen and oxygen atoms in total. The van der Waals surface area contributed by atoms with E-state index >= 15 is 0 Å².